The number of carbonyl (C=O) groups is 1. The average molecular weight is 268 g/mol. The highest BCUT2D eigenvalue weighted by molar-refractivity contribution is 5.98. The summed E-state index contributed by atoms with van der Waals surface area (Å²) >= 11 is 0. The molecule has 1 aromatic carbocycles. The van der Waals surface area contributed by atoms with Gasteiger partial charge in [-0.25, -0.2) is 0 Å². The van der Waals surface area contributed by atoms with Crippen LogP contribution in [0.5, 0.6) is 5.75 Å². The number of ether oxygens (including phenoxy) is 1. The van der Waals surface area contributed by atoms with Crippen molar-refractivity contribution in [3.63, 3.8) is 0 Å². The third kappa shape index (κ3) is 1.48. The summed E-state index contributed by atoms with van der Waals surface area (Å²) in [6, 6.07) is 6.42. The second-order valence-electron chi connectivity index (χ2n) is 6.57. The van der Waals surface area contributed by atoms with Crippen LogP contribution in [0.25, 0.3) is 0 Å². The van der Waals surface area contributed by atoms with Gasteiger partial charge in [0.15, 0.2) is 5.78 Å². The second-order valence-corrected chi connectivity index (χ2v) is 6.57. The van der Waals surface area contributed by atoms with Crippen molar-refractivity contribution < 1.29 is 9.53 Å². The molecule has 0 saturated heterocycles. The van der Waals surface area contributed by atoms with E-state index in [4.69, 9.17) is 4.74 Å². The standard InChI is InChI=1S/C18H20O2/c1-11-12-6-7-13-14(4-3-5-16(13)20-2)17(12)18(8-9-18)10-15(11)19/h3-5,17H,6-10H2,1-2H3/t17-/m0/s1. The summed E-state index contributed by atoms with van der Waals surface area (Å²) in [7, 11) is 1.75. The molecule has 20 heavy (non-hydrogen) atoms. The Hall–Kier alpha value is -1.57. The molecule has 0 amide bonds. The van der Waals surface area contributed by atoms with E-state index in [1.165, 1.54) is 29.5 Å². The quantitative estimate of drug-likeness (QED) is 0.774. The molecule has 1 spiro atoms. The summed E-state index contributed by atoms with van der Waals surface area (Å²) in [6.45, 7) is 2.03. The van der Waals surface area contributed by atoms with E-state index in [2.05, 4.69) is 18.2 Å². The number of benzene rings is 1. The van der Waals surface area contributed by atoms with E-state index in [1.807, 2.05) is 6.92 Å². The van der Waals surface area contributed by atoms with Crippen LogP contribution in [-0.2, 0) is 11.2 Å². The minimum Gasteiger partial charge on any atom is -0.496 e. The number of fused-ring (bicyclic) bond motifs is 4. The van der Waals surface area contributed by atoms with Crippen LogP contribution in [0.1, 0.15) is 49.7 Å². The van der Waals surface area contributed by atoms with Gasteiger partial charge in [-0.1, -0.05) is 17.7 Å². The maximum atomic E-state index is 12.3. The number of allylic oxidation sites excluding steroid dienone is 2. The molecule has 0 radical (unpaired) electrons. The maximum Gasteiger partial charge on any atom is 0.159 e. The summed E-state index contributed by atoms with van der Waals surface area (Å²) in [5.41, 5.74) is 5.50. The minimum atomic E-state index is 0.244. The van der Waals surface area contributed by atoms with E-state index < -0.39 is 0 Å². The molecule has 2 heteroatoms. The highest BCUT2D eigenvalue weighted by atomic mass is 16.5. The summed E-state index contributed by atoms with van der Waals surface area (Å²) in [5, 5.41) is 0. The third-order valence-corrected chi connectivity index (χ3v) is 5.61. The first-order valence-corrected chi connectivity index (χ1v) is 7.55. The van der Waals surface area contributed by atoms with Gasteiger partial charge in [-0.2, -0.15) is 0 Å². The van der Waals surface area contributed by atoms with Gasteiger partial charge < -0.3 is 4.74 Å². The molecular formula is C18H20O2. The lowest BCUT2D eigenvalue weighted by Crippen LogP contribution is -2.31. The molecule has 0 unspecified atom stereocenters. The van der Waals surface area contributed by atoms with Crippen LogP contribution in [0.15, 0.2) is 29.3 Å². The lowest BCUT2D eigenvalue weighted by atomic mass is 9.64. The summed E-state index contributed by atoms with van der Waals surface area (Å²) in [6.07, 6.45) is 5.20. The Bertz CT molecular complexity index is 635. The molecule has 3 aliphatic carbocycles. The van der Waals surface area contributed by atoms with Crippen LogP contribution in [0.3, 0.4) is 0 Å². The van der Waals surface area contributed by atoms with Crippen molar-refractivity contribution in [3.05, 3.63) is 40.5 Å². The Kier molecular flexibility index (Phi) is 2.42. The van der Waals surface area contributed by atoms with E-state index in [1.54, 1.807) is 7.11 Å². The number of methoxy groups -OCH3 is 1. The van der Waals surface area contributed by atoms with Crippen LogP contribution >= 0.6 is 0 Å². The van der Waals surface area contributed by atoms with Crippen LogP contribution < -0.4 is 4.74 Å². The lowest BCUT2D eigenvalue weighted by molar-refractivity contribution is -0.117. The summed E-state index contributed by atoms with van der Waals surface area (Å²) in [5.74, 6) is 1.88. The second kappa shape index (κ2) is 3.97. The van der Waals surface area contributed by atoms with Crippen molar-refractivity contribution in [2.75, 3.05) is 7.11 Å². The molecule has 0 aromatic heterocycles. The van der Waals surface area contributed by atoms with Crippen molar-refractivity contribution in [2.24, 2.45) is 5.41 Å². The fourth-order valence-electron chi connectivity index (χ4n) is 4.37. The molecule has 3 aliphatic rings. The van der Waals surface area contributed by atoms with Crippen LogP contribution in [0.4, 0.5) is 0 Å². The minimum absolute atomic E-state index is 0.244. The average Bonchev–Trinajstić information content (AvgIpc) is 3.23. The van der Waals surface area contributed by atoms with E-state index in [0.29, 0.717) is 11.7 Å². The Morgan fingerprint density at radius 1 is 1.25 bits per heavy atom. The first-order valence-electron chi connectivity index (χ1n) is 7.55. The molecule has 0 aliphatic heterocycles. The van der Waals surface area contributed by atoms with E-state index in [0.717, 1.165) is 30.6 Å². The number of rotatable bonds is 1. The van der Waals surface area contributed by atoms with Gasteiger partial charge in [0.1, 0.15) is 5.75 Å². The topological polar surface area (TPSA) is 26.3 Å². The van der Waals surface area contributed by atoms with Crippen LogP contribution in [0.2, 0.25) is 0 Å². The van der Waals surface area contributed by atoms with Crippen molar-refractivity contribution in [2.45, 2.75) is 44.9 Å². The molecular weight excluding hydrogens is 248 g/mol. The molecule has 1 aromatic rings. The monoisotopic (exact) mass is 268 g/mol. The highest BCUT2D eigenvalue weighted by Gasteiger charge is 2.56. The largest absolute Gasteiger partial charge is 0.496 e. The van der Waals surface area contributed by atoms with Crippen molar-refractivity contribution in [1.82, 2.24) is 0 Å². The summed E-state index contributed by atoms with van der Waals surface area (Å²) in [4.78, 5) is 12.3. The SMILES string of the molecule is COc1cccc2c1CCC1=C(C)C(=O)CC3(CC3)[C@@H]12. The fraction of sp³-hybridized carbons (Fsp3) is 0.500. The Morgan fingerprint density at radius 2 is 2.05 bits per heavy atom. The zero-order chi connectivity index (χ0) is 13.9. The van der Waals surface area contributed by atoms with Gasteiger partial charge in [0.25, 0.3) is 0 Å². The van der Waals surface area contributed by atoms with Gasteiger partial charge >= 0.3 is 0 Å². The Labute approximate surface area is 119 Å². The fourth-order valence-corrected chi connectivity index (χ4v) is 4.37. The highest BCUT2D eigenvalue weighted by Crippen LogP contribution is 2.66. The van der Waals surface area contributed by atoms with Crippen LogP contribution in [0, 0.1) is 5.41 Å². The van der Waals surface area contributed by atoms with Crippen molar-refractivity contribution in [3.8, 4) is 5.75 Å². The number of hydrogen-bond acceptors (Lipinski definition) is 2. The van der Waals surface area contributed by atoms with E-state index >= 15 is 0 Å². The molecule has 4 rings (SSSR count). The molecule has 1 saturated carbocycles. The van der Waals surface area contributed by atoms with Crippen molar-refractivity contribution in [1.29, 1.82) is 0 Å². The number of hydrogen-bond donors (Lipinski definition) is 0. The first kappa shape index (κ1) is 12.2. The van der Waals surface area contributed by atoms with Gasteiger partial charge in [0.2, 0.25) is 0 Å². The normalized spacial score (nSPS) is 26.3. The predicted octanol–water partition coefficient (Wildman–Crippen LogP) is 3.79. The molecule has 104 valence electrons. The van der Waals surface area contributed by atoms with E-state index in [-0.39, 0.29) is 5.41 Å². The smallest absolute Gasteiger partial charge is 0.159 e. The van der Waals surface area contributed by atoms with Crippen molar-refractivity contribution >= 4 is 5.78 Å². The van der Waals surface area contributed by atoms with Crippen LogP contribution in [-0.4, -0.2) is 12.9 Å². The number of Topliss-reactive ketones (excluding diaryl/α,β-unsaturated/α-hetero) is 1. The Morgan fingerprint density at radius 3 is 2.75 bits per heavy atom. The van der Waals surface area contributed by atoms with Gasteiger partial charge in [-0.3, -0.25) is 4.79 Å². The summed E-state index contributed by atoms with van der Waals surface area (Å²) < 4.78 is 5.55. The van der Waals surface area contributed by atoms with E-state index in [9.17, 15) is 4.79 Å². The van der Waals surface area contributed by atoms with Gasteiger partial charge in [0, 0.05) is 12.3 Å². The Balaban J connectivity index is 1.93. The van der Waals surface area contributed by atoms with Gasteiger partial charge in [0.05, 0.1) is 7.11 Å². The molecule has 2 nitrogen and oxygen atoms in total. The maximum absolute atomic E-state index is 12.3. The van der Waals surface area contributed by atoms with Gasteiger partial charge in [-0.15, -0.1) is 0 Å². The predicted molar refractivity (Wildman–Crippen MR) is 78.0 cm³/mol. The number of ketones is 1. The first-order chi connectivity index (χ1) is 9.66. The molecule has 1 fully saturated rings. The molecule has 0 heterocycles. The zero-order valence-corrected chi connectivity index (χ0v) is 12.2. The lowest BCUT2D eigenvalue weighted by Gasteiger charge is -2.39. The number of carbonyl (C=O) groups excluding carboxylic acids is 1. The zero-order valence-electron chi connectivity index (χ0n) is 12.2. The third-order valence-electron chi connectivity index (χ3n) is 5.61. The molecule has 0 bridgehead atoms. The van der Waals surface area contributed by atoms with Gasteiger partial charge in [-0.05, 0) is 60.8 Å². The molecule has 1 atom stereocenters. The molecule has 0 N–H and O–H groups in total.